The van der Waals surface area contributed by atoms with Crippen LogP contribution in [0.15, 0.2) is 91.0 Å². The highest BCUT2D eigenvalue weighted by Crippen LogP contribution is 2.28. The van der Waals surface area contributed by atoms with Crippen molar-refractivity contribution in [3.05, 3.63) is 102 Å². The molecule has 2 N–H and O–H groups in total. The molecule has 128 valence electrons. The van der Waals surface area contributed by atoms with E-state index in [1.807, 2.05) is 42.5 Å². The van der Waals surface area contributed by atoms with Crippen molar-refractivity contribution >= 4 is 22.4 Å². The van der Waals surface area contributed by atoms with E-state index in [1.165, 1.54) is 11.1 Å². The zero-order valence-corrected chi connectivity index (χ0v) is 14.5. The summed E-state index contributed by atoms with van der Waals surface area (Å²) in [4.78, 5) is 7.11. The Bertz CT molecular complexity index is 956. The van der Waals surface area contributed by atoms with Gasteiger partial charge in [0, 0.05) is 18.5 Å². The molecule has 26 heavy (non-hydrogen) atoms. The minimum absolute atomic E-state index is 0.704. The first kappa shape index (κ1) is 16.2. The van der Waals surface area contributed by atoms with Crippen molar-refractivity contribution in [2.45, 2.75) is 13.1 Å². The van der Waals surface area contributed by atoms with E-state index < -0.39 is 0 Å². The summed E-state index contributed by atoms with van der Waals surface area (Å²) in [5.41, 5.74) is 10.5. The van der Waals surface area contributed by atoms with E-state index in [4.69, 9.17) is 10.7 Å². The Morgan fingerprint density at radius 2 is 1.23 bits per heavy atom. The van der Waals surface area contributed by atoms with Crippen LogP contribution in [0.5, 0.6) is 0 Å². The Morgan fingerprint density at radius 3 is 1.85 bits per heavy atom. The lowest BCUT2D eigenvalue weighted by Crippen LogP contribution is -2.24. The summed E-state index contributed by atoms with van der Waals surface area (Å²) in [6, 6.07) is 31.0. The van der Waals surface area contributed by atoms with E-state index in [0.29, 0.717) is 5.69 Å². The van der Waals surface area contributed by atoms with Crippen molar-refractivity contribution in [3.63, 3.8) is 0 Å². The average Bonchev–Trinajstić information content (AvgIpc) is 2.68. The average molecular weight is 339 g/mol. The van der Waals surface area contributed by atoms with Gasteiger partial charge < -0.3 is 10.6 Å². The zero-order chi connectivity index (χ0) is 17.8. The quantitative estimate of drug-likeness (QED) is 0.555. The third kappa shape index (κ3) is 3.52. The van der Waals surface area contributed by atoms with Gasteiger partial charge in [-0.1, -0.05) is 78.9 Å². The van der Waals surface area contributed by atoms with Crippen LogP contribution >= 0.6 is 0 Å². The SMILES string of the molecule is Nc1cc2ccccc2nc1N(Cc1ccccc1)Cc1ccccc1. The maximum Gasteiger partial charge on any atom is 0.153 e. The molecule has 3 aromatic carbocycles. The van der Waals surface area contributed by atoms with E-state index in [-0.39, 0.29) is 0 Å². The topological polar surface area (TPSA) is 42.1 Å². The number of rotatable bonds is 5. The molecule has 0 aliphatic heterocycles. The largest absolute Gasteiger partial charge is 0.396 e. The number of nitrogens with zero attached hydrogens (tertiary/aromatic N) is 2. The first-order valence-corrected chi connectivity index (χ1v) is 8.78. The summed E-state index contributed by atoms with van der Waals surface area (Å²) >= 11 is 0. The second-order valence-corrected chi connectivity index (χ2v) is 6.42. The monoisotopic (exact) mass is 339 g/mol. The Hall–Kier alpha value is -3.33. The smallest absolute Gasteiger partial charge is 0.153 e. The van der Waals surface area contributed by atoms with Crippen molar-refractivity contribution < 1.29 is 0 Å². The molecule has 4 rings (SSSR count). The second-order valence-electron chi connectivity index (χ2n) is 6.42. The number of nitrogen functional groups attached to an aromatic ring is 1. The van der Waals surface area contributed by atoms with E-state index >= 15 is 0 Å². The number of para-hydroxylation sites is 1. The number of anilines is 2. The van der Waals surface area contributed by atoms with E-state index in [9.17, 15) is 0 Å². The first-order valence-electron chi connectivity index (χ1n) is 8.78. The molecule has 0 fully saturated rings. The summed E-state index contributed by atoms with van der Waals surface area (Å²) in [5, 5.41) is 1.06. The van der Waals surface area contributed by atoms with Crippen molar-refractivity contribution in [3.8, 4) is 0 Å². The number of benzene rings is 3. The molecule has 0 atom stereocenters. The highest BCUT2D eigenvalue weighted by molar-refractivity contribution is 5.86. The van der Waals surface area contributed by atoms with Crippen LogP contribution < -0.4 is 10.6 Å². The molecule has 4 aromatic rings. The van der Waals surface area contributed by atoms with Crippen LogP contribution in [0.4, 0.5) is 11.5 Å². The first-order chi connectivity index (χ1) is 12.8. The van der Waals surface area contributed by atoms with Gasteiger partial charge in [0.05, 0.1) is 11.2 Å². The Morgan fingerprint density at radius 1 is 0.692 bits per heavy atom. The van der Waals surface area contributed by atoms with Crippen LogP contribution in [0.3, 0.4) is 0 Å². The maximum absolute atomic E-state index is 6.39. The molecule has 0 aliphatic rings. The van der Waals surface area contributed by atoms with Crippen LogP contribution in [0.1, 0.15) is 11.1 Å². The lowest BCUT2D eigenvalue weighted by molar-refractivity contribution is 0.788. The van der Waals surface area contributed by atoms with E-state index in [0.717, 1.165) is 29.8 Å². The summed E-state index contributed by atoms with van der Waals surface area (Å²) < 4.78 is 0. The third-order valence-corrected chi connectivity index (χ3v) is 4.46. The molecule has 0 radical (unpaired) electrons. The van der Waals surface area contributed by atoms with Gasteiger partial charge in [0.2, 0.25) is 0 Å². The Balaban J connectivity index is 1.75. The maximum atomic E-state index is 6.39. The normalized spacial score (nSPS) is 10.8. The van der Waals surface area contributed by atoms with Crippen LogP contribution in [0.25, 0.3) is 10.9 Å². The molecule has 0 saturated heterocycles. The van der Waals surface area contributed by atoms with Gasteiger partial charge in [0.15, 0.2) is 5.82 Å². The molecule has 3 heteroatoms. The van der Waals surface area contributed by atoms with Gasteiger partial charge >= 0.3 is 0 Å². The number of nitrogens with two attached hydrogens (primary N) is 1. The van der Waals surface area contributed by atoms with Gasteiger partial charge in [-0.05, 0) is 23.3 Å². The predicted octanol–water partition coefficient (Wildman–Crippen LogP) is 5.02. The molecule has 0 amide bonds. The number of aromatic nitrogens is 1. The fourth-order valence-electron chi connectivity index (χ4n) is 3.19. The standard InChI is InChI=1S/C23H21N3/c24-21-15-20-13-7-8-14-22(20)25-23(21)26(16-18-9-3-1-4-10-18)17-19-11-5-2-6-12-19/h1-15H,16-17,24H2. The molecule has 0 bridgehead atoms. The summed E-state index contributed by atoms with van der Waals surface area (Å²) in [6.07, 6.45) is 0. The lowest BCUT2D eigenvalue weighted by atomic mass is 10.1. The molecule has 3 nitrogen and oxygen atoms in total. The highest BCUT2D eigenvalue weighted by atomic mass is 15.2. The number of hydrogen-bond acceptors (Lipinski definition) is 3. The van der Waals surface area contributed by atoms with Gasteiger partial charge in [-0.3, -0.25) is 0 Å². The van der Waals surface area contributed by atoms with Crippen molar-refractivity contribution in [1.82, 2.24) is 4.98 Å². The highest BCUT2D eigenvalue weighted by Gasteiger charge is 2.14. The molecular weight excluding hydrogens is 318 g/mol. The lowest BCUT2D eigenvalue weighted by Gasteiger charge is -2.26. The van der Waals surface area contributed by atoms with Gasteiger partial charge in [-0.25, -0.2) is 4.98 Å². The molecule has 0 saturated carbocycles. The van der Waals surface area contributed by atoms with Crippen molar-refractivity contribution in [2.24, 2.45) is 0 Å². The summed E-state index contributed by atoms with van der Waals surface area (Å²) in [7, 11) is 0. The molecular formula is C23H21N3. The van der Waals surface area contributed by atoms with Gasteiger partial charge in [-0.15, -0.1) is 0 Å². The fourth-order valence-corrected chi connectivity index (χ4v) is 3.19. The second kappa shape index (κ2) is 7.28. The van der Waals surface area contributed by atoms with Crippen LogP contribution in [-0.4, -0.2) is 4.98 Å². The Kier molecular flexibility index (Phi) is 4.52. The summed E-state index contributed by atoms with van der Waals surface area (Å²) in [5.74, 6) is 0.830. The molecule has 0 spiro atoms. The third-order valence-electron chi connectivity index (χ3n) is 4.46. The van der Waals surface area contributed by atoms with Crippen molar-refractivity contribution in [1.29, 1.82) is 0 Å². The predicted molar refractivity (Wildman–Crippen MR) is 109 cm³/mol. The fraction of sp³-hybridized carbons (Fsp3) is 0.0870. The van der Waals surface area contributed by atoms with Gasteiger partial charge in [0.25, 0.3) is 0 Å². The minimum Gasteiger partial charge on any atom is -0.396 e. The van der Waals surface area contributed by atoms with Crippen molar-refractivity contribution in [2.75, 3.05) is 10.6 Å². The summed E-state index contributed by atoms with van der Waals surface area (Å²) in [6.45, 7) is 1.51. The molecule has 0 aliphatic carbocycles. The van der Waals surface area contributed by atoms with Gasteiger partial charge in [0.1, 0.15) is 0 Å². The molecule has 0 unspecified atom stereocenters. The molecule has 1 aromatic heterocycles. The zero-order valence-electron chi connectivity index (χ0n) is 14.5. The van der Waals surface area contributed by atoms with Crippen LogP contribution in [-0.2, 0) is 13.1 Å². The van der Waals surface area contributed by atoms with Gasteiger partial charge in [-0.2, -0.15) is 0 Å². The minimum atomic E-state index is 0.704. The molecule has 1 heterocycles. The number of hydrogen-bond donors (Lipinski definition) is 1. The van der Waals surface area contributed by atoms with Crippen LogP contribution in [0, 0.1) is 0 Å². The number of pyridine rings is 1. The van der Waals surface area contributed by atoms with E-state index in [1.54, 1.807) is 0 Å². The van der Waals surface area contributed by atoms with E-state index in [2.05, 4.69) is 53.4 Å². The van der Waals surface area contributed by atoms with Crippen LogP contribution in [0.2, 0.25) is 0 Å². The number of fused-ring (bicyclic) bond motifs is 1. The Labute approximate surface area is 153 Å².